The van der Waals surface area contributed by atoms with Gasteiger partial charge in [0.15, 0.2) is 0 Å². The topological polar surface area (TPSA) is 88.9 Å². The summed E-state index contributed by atoms with van der Waals surface area (Å²) in [6, 6.07) is 22.0. The molecule has 0 atom stereocenters. The first-order chi connectivity index (χ1) is 23.6. The van der Waals surface area contributed by atoms with E-state index in [9.17, 15) is 27.2 Å². The highest BCUT2D eigenvalue weighted by atomic mass is 19.4. The largest absolute Gasteiger partial charge is 0.491 e. The number of anilines is 1. The molecular formula is C36H33F4N5O4. The van der Waals surface area contributed by atoms with Crippen LogP contribution in [-0.4, -0.2) is 70.6 Å². The number of carbonyl (C=O) groups excluding carboxylic acids is 2. The van der Waals surface area contributed by atoms with Crippen molar-refractivity contribution in [2.75, 3.05) is 44.8 Å². The third-order valence-corrected chi connectivity index (χ3v) is 8.26. The standard InChI is InChI=1S/C36H33F4N5O4/c1-43-31-12-11-30(49-33-13-8-28(22-41-33)42-34(46)25-4-6-27(7-5-25)36(38,39)40)20-26(31)21-32(43)35(47)45-17-15-44(16-18-45)23-24-2-9-29(10-3-24)48-19-14-37/h2-13,20-22H,14-19,23H2,1H3,(H,42,46). The molecule has 2 amide bonds. The summed E-state index contributed by atoms with van der Waals surface area (Å²) in [5.41, 5.74) is 2.13. The smallest absolute Gasteiger partial charge is 0.416 e. The summed E-state index contributed by atoms with van der Waals surface area (Å²) < 4.78 is 63.8. The summed E-state index contributed by atoms with van der Waals surface area (Å²) in [5, 5.41) is 3.43. The lowest BCUT2D eigenvalue weighted by atomic mass is 10.1. The Labute approximate surface area is 279 Å². The highest BCUT2D eigenvalue weighted by Gasteiger charge is 2.30. The molecule has 1 fully saturated rings. The zero-order chi connectivity index (χ0) is 34.5. The Hall–Kier alpha value is -5.43. The van der Waals surface area contributed by atoms with Gasteiger partial charge >= 0.3 is 6.18 Å². The number of piperazine rings is 1. The molecule has 0 bridgehead atoms. The number of ether oxygens (including phenoxy) is 2. The van der Waals surface area contributed by atoms with E-state index in [0.717, 1.165) is 60.4 Å². The Morgan fingerprint density at radius 3 is 2.24 bits per heavy atom. The Bertz CT molecular complexity index is 1920. The van der Waals surface area contributed by atoms with E-state index >= 15 is 0 Å². The summed E-state index contributed by atoms with van der Waals surface area (Å²) in [7, 11) is 1.85. The van der Waals surface area contributed by atoms with E-state index in [2.05, 4.69) is 15.2 Å². The van der Waals surface area contributed by atoms with E-state index in [1.807, 2.05) is 59.0 Å². The Balaban J connectivity index is 1.03. The van der Waals surface area contributed by atoms with Gasteiger partial charge < -0.3 is 24.3 Å². The van der Waals surface area contributed by atoms with Crippen molar-refractivity contribution in [3.8, 4) is 17.4 Å². The number of nitrogens with one attached hydrogen (secondary N) is 1. The number of rotatable bonds is 10. The maximum Gasteiger partial charge on any atom is 0.416 e. The fourth-order valence-corrected chi connectivity index (χ4v) is 5.62. The van der Waals surface area contributed by atoms with Crippen molar-refractivity contribution in [3.05, 3.63) is 114 Å². The monoisotopic (exact) mass is 675 g/mol. The number of aryl methyl sites for hydroxylation is 1. The third kappa shape index (κ3) is 8.00. The van der Waals surface area contributed by atoms with Gasteiger partial charge in [-0.05, 0) is 72.3 Å². The van der Waals surface area contributed by atoms with Crippen LogP contribution < -0.4 is 14.8 Å². The zero-order valence-corrected chi connectivity index (χ0v) is 26.5. The molecule has 0 saturated carbocycles. The predicted molar refractivity (Wildman–Crippen MR) is 176 cm³/mol. The van der Waals surface area contributed by atoms with Gasteiger partial charge in [-0.15, -0.1) is 0 Å². The maximum atomic E-state index is 13.5. The average molecular weight is 676 g/mol. The van der Waals surface area contributed by atoms with Crippen LogP contribution in [0, 0.1) is 0 Å². The van der Waals surface area contributed by atoms with E-state index in [0.29, 0.717) is 36.0 Å². The van der Waals surface area contributed by atoms with Gasteiger partial charge in [0.25, 0.3) is 11.8 Å². The van der Waals surface area contributed by atoms with Crippen LogP contribution in [0.1, 0.15) is 32.0 Å². The molecule has 3 aromatic carbocycles. The number of nitrogens with zero attached hydrogens (tertiary/aromatic N) is 4. The minimum Gasteiger partial charge on any atom is -0.491 e. The van der Waals surface area contributed by atoms with Crippen LogP contribution in [0.2, 0.25) is 0 Å². The maximum absolute atomic E-state index is 13.5. The summed E-state index contributed by atoms with van der Waals surface area (Å²) in [6.07, 6.45) is -3.10. The van der Waals surface area contributed by atoms with Crippen molar-refractivity contribution in [3.63, 3.8) is 0 Å². The second-order valence-corrected chi connectivity index (χ2v) is 11.6. The first kappa shape index (κ1) is 33.5. The SMILES string of the molecule is Cn1c(C(=O)N2CCN(Cc3ccc(OCCF)cc3)CC2)cc2cc(Oc3ccc(NC(=O)c4ccc(C(F)(F)F)cc4)cn3)ccc21. The number of benzene rings is 3. The highest BCUT2D eigenvalue weighted by molar-refractivity contribution is 6.04. The van der Waals surface area contributed by atoms with Crippen LogP contribution >= 0.6 is 0 Å². The number of carbonyl (C=O) groups is 2. The second kappa shape index (κ2) is 14.4. The molecule has 49 heavy (non-hydrogen) atoms. The zero-order valence-electron chi connectivity index (χ0n) is 26.5. The third-order valence-electron chi connectivity index (χ3n) is 8.26. The van der Waals surface area contributed by atoms with Crippen molar-refractivity contribution in [2.24, 2.45) is 7.05 Å². The molecule has 1 aliphatic heterocycles. The lowest BCUT2D eigenvalue weighted by Crippen LogP contribution is -2.48. The molecule has 5 aromatic rings. The number of fused-ring (bicyclic) bond motifs is 1. The highest BCUT2D eigenvalue weighted by Crippen LogP contribution is 2.30. The van der Waals surface area contributed by atoms with Crippen molar-refractivity contribution in [1.29, 1.82) is 0 Å². The van der Waals surface area contributed by atoms with Gasteiger partial charge in [-0.2, -0.15) is 13.2 Å². The van der Waals surface area contributed by atoms with Crippen molar-refractivity contribution in [2.45, 2.75) is 12.7 Å². The molecule has 0 radical (unpaired) electrons. The Kier molecular flexibility index (Phi) is 9.81. The normalized spacial score (nSPS) is 13.8. The summed E-state index contributed by atoms with van der Waals surface area (Å²) in [6.45, 7) is 2.92. The van der Waals surface area contributed by atoms with Gasteiger partial charge in [-0.3, -0.25) is 14.5 Å². The number of hydrogen-bond donors (Lipinski definition) is 1. The van der Waals surface area contributed by atoms with E-state index < -0.39 is 24.3 Å². The molecule has 3 heterocycles. The van der Waals surface area contributed by atoms with Crippen LogP contribution in [0.4, 0.5) is 23.2 Å². The molecule has 0 spiro atoms. The van der Waals surface area contributed by atoms with Crippen LogP contribution in [0.25, 0.3) is 10.9 Å². The van der Waals surface area contributed by atoms with Gasteiger partial charge in [-0.25, -0.2) is 9.37 Å². The number of amides is 2. The van der Waals surface area contributed by atoms with Crippen LogP contribution in [0.5, 0.6) is 17.4 Å². The molecule has 1 saturated heterocycles. The van der Waals surface area contributed by atoms with Crippen molar-refractivity contribution >= 4 is 28.4 Å². The molecule has 9 nitrogen and oxygen atoms in total. The molecule has 2 aromatic heterocycles. The molecule has 1 N–H and O–H groups in total. The van der Waals surface area contributed by atoms with Crippen LogP contribution in [0.3, 0.4) is 0 Å². The molecule has 0 aliphatic carbocycles. The summed E-state index contributed by atoms with van der Waals surface area (Å²) in [5.74, 6) is 0.781. The van der Waals surface area contributed by atoms with Gasteiger partial charge in [0.2, 0.25) is 5.88 Å². The average Bonchev–Trinajstić information content (AvgIpc) is 3.43. The summed E-state index contributed by atoms with van der Waals surface area (Å²) >= 11 is 0. The van der Waals surface area contributed by atoms with E-state index in [1.165, 1.54) is 6.20 Å². The Morgan fingerprint density at radius 1 is 0.878 bits per heavy atom. The van der Waals surface area contributed by atoms with Gasteiger partial charge in [0.05, 0.1) is 17.4 Å². The van der Waals surface area contributed by atoms with Crippen LogP contribution in [0.15, 0.2) is 91.1 Å². The van der Waals surface area contributed by atoms with E-state index in [-0.39, 0.29) is 24.0 Å². The van der Waals surface area contributed by atoms with Gasteiger partial charge in [0, 0.05) is 62.3 Å². The van der Waals surface area contributed by atoms with Crippen molar-refractivity contribution in [1.82, 2.24) is 19.4 Å². The Morgan fingerprint density at radius 2 is 1.59 bits per heavy atom. The number of pyridine rings is 1. The minimum atomic E-state index is -4.48. The number of aromatic nitrogens is 2. The van der Waals surface area contributed by atoms with E-state index in [4.69, 9.17) is 9.47 Å². The minimum absolute atomic E-state index is 0.0406. The first-order valence-corrected chi connectivity index (χ1v) is 15.6. The van der Waals surface area contributed by atoms with Gasteiger partial charge in [0.1, 0.15) is 30.5 Å². The number of hydrogen-bond acceptors (Lipinski definition) is 6. The lowest BCUT2D eigenvalue weighted by molar-refractivity contribution is -0.137. The molecule has 6 rings (SSSR count). The van der Waals surface area contributed by atoms with Crippen molar-refractivity contribution < 1.29 is 36.6 Å². The summed E-state index contributed by atoms with van der Waals surface area (Å²) in [4.78, 5) is 34.4. The molecule has 0 unspecified atom stereocenters. The lowest BCUT2D eigenvalue weighted by Gasteiger charge is -2.34. The molecule has 13 heteroatoms. The van der Waals surface area contributed by atoms with Crippen LogP contribution in [-0.2, 0) is 19.8 Å². The molecule has 1 aliphatic rings. The molecular weight excluding hydrogens is 642 g/mol. The first-order valence-electron chi connectivity index (χ1n) is 15.6. The number of halogens is 4. The fourth-order valence-electron chi connectivity index (χ4n) is 5.62. The fraction of sp³-hybridized carbons (Fsp3) is 0.250. The molecule has 254 valence electrons. The quantitative estimate of drug-likeness (QED) is 0.161. The van der Waals surface area contributed by atoms with Gasteiger partial charge in [-0.1, -0.05) is 12.1 Å². The predicted octanol–water partition coefficient (Wildman–Crippen LogP) is 6.94. The second-order valence-electron chi connectivity index (χ2n) is 11.6. The number of alkyl halides is 4. The van der Waals surface area contributed by atoms with E-state index in [1.54, 1.807) is 18.2 Å².